The molecule has 0 atom stereocenters. The van der Waals surface area contributed by atoms with Gasteiger partial charge in [-0.25, -0.2) is 19.9 Å². The molecule has 0 saturated carbocycles. The van der Waals surface area contributed by atoms with Crippen molar-refractivity contribution in [2.24, 2.45) is 0 Å². The summed E-state index contributed by atoms with van der Waals surface area (Å²) < 4.78 is 13.1. The van der Waals surface area contributed by atoms with Crippen LogP contribution in [0.4, 0.5) is 0 Å². The van der Waals surface area contributed by atoms with Gasteiger partial charge in [0.2, 0.25) is 5.89 Å². The predicted molar refractivity (Wildman–Crippen MR) is 217 cm³/mol. The van der Waals surface area contributed by atoms with Gasteiger partial charge in [0.1, 0.15) is 16.7 Å². The predicted octanol–water partition coefficient (Wildman–Crippen LogP) is 12.6. The van der Waals surface area contributed by atoms with Crippen LogP contribution in [0.1, 0.15) is 0 Å². The van der Waals surface area contributed by atoms with E-state index in [1.165, 1.54) is 16.2 Å². The van der Waals surface area contributed by atoms with Crippen LogP contribution in [0.25, 0.3) is 111 Å². The molecule has 3 aromatic heterocycles. The molecule has 252 valence electrons. The first-order valence-corrected chi connectivity index (χ1v) is 17.9. The number of hydrogen-bond acceptors (Lipinski definition) is 6. The summed E-state index contributed by atoms with van der Waals surface area (Å²) in [6, 6.07) is 57.8. The number of benzene rings is 8. The van der Waals surface area contributed by atoms with Crippen molar-refractivity contribution in [2.45, 2.75) is 0 Å². The molecule has 0 amide bonds. The summed E-state index contributed by atoms with van der Waals surface area (Å²) in [4.78, 5) is 20.7. The van der Waals surface area contributed by atoms with Gasteiger partial charge in [0.25, 0.3) is 0 Å². The minimum atomic E-state index is 0.469. The average molecular weight is 693 g/mol. The van der Waals surface area contributed by atoms with Crippen LogP contribution < -0.4 is 0 Å². The smallest absolute Gasteiger partial charge is 0.227 e. The van der Waals surface area contributed by atoms with Crippen LogP contribution in [0.2, 0.25) is 0 Å². The quantitative estimate of drug-likeness (QED) is 0.167. The standard InChI is InChI=1S/C48H28N4O2/c1-3-12-29(13-4-1)32-17-11-18-34(26-32)45-50-46(35-24-25-37-33(27-35)23-22-30-14-7-8-19-36(30)37)52-47(51-45)43-42-38-20-9-10-21-40(38)53-41(42)28-39-44(43)54-48(49-39)31-15-5-2-6-16-31/h1-28H. The lowest BCUT2D eigenvalue weighted by molar-refractivity contribution is 0.620. The normalized spacial score (nSPS) is 11.7. The Balaban J connectivity index is 1.20. The van der Waals surface area contributed by atoms with E-state index in [1.54, 1.807) is 0 Å². The maximum absolute atomic E-state index is 6.68. The second kappa shape index (κ2) is 12.1. The first kappa shape index (κ1) is 30.2. The maximum atomic E-state index is 6.68. The van der Waals surface area contributed by atoms with Crippen molar-refractivity contribution < 1.29 is 8.83 Å². The Kier molecular flexibility index (Phi) is 6.75. The van der Waals surface area contributed by atoms with Gasteiger partial charge in [0.15, 0.2) is 23.1 Å². The molecule has 0 fully saturated rings. The highest BCUT2D eigenvalue weighted by Gasteiger charge is 2.25. The molecule has 0 aliphatic rings. The SMILES string of the molecule is c1ccc(-c2cccc(-c3nc(-c4ccc5c(ccc6ccccc65)c4)nc(-c4c5oc(-c6ccccc6)nc5cc5oc6ccccc6c45)n3)c2)cc1. The molecule has 54 heavy (non-hydrogen) atoms. The van der Waals surface area contributed by atoms with Gasteiger partial charge in [-0.1, -0.05) is 133 Å². The third-order valence-corrected chi connectivity index (χ3v) is 10.1. The minimum absolute atomic E-state index is 0.469. The van der Waals surface area contributed by atoms with E-state index >= 15 is 0 Å². The minimum Gasteiger partial charge on any atom is -0.456 e. The highest BCUT2D eigenvalue weighted by Crippen LogP contribution is 2.43. The van der Waals surface area contributed by atoms with Crippen molar-refractivity contribution in [3.63, 3.8) is 0 Å². The van der Waals surface area contributed by atoms with Gasteiger partial charge in [0, 0.05) is 33.5 Å². The van der Waals surface area contributed by atoms with E-state index in [9.17, 15) is 0 Å². The monoisotopic (exact) mass is 692 g/mol. The Morgan fingerprint density at radius 2 is 0.981 bits per heavy atom. The lowest BCUT2D eigenvalue weighted by atomic mass is 10.00. The molecular weight excluding hydrogens is 665 g/mol. The van der Waals surface area contributed by atoms with E-state index in [-0.39, 0.29) is 0 Å². The Labute approximate surface area is 309 Å². The number of furan rings is 1. The van der Waals surface area contributed by atoms with E-state index in [0.29, 0.717) is 45.6 Å². The van der Waals surface area contributed by atoms with Crippen molar-refractivity contribution >= 4 is 54.6 Å². The number of hydrogen-bond donors (Lipinski definition) is 0. The summed E-state index contributed by atoms with van der Waals surface area (Å²) in [5.74, 6) is 2.08. The number of fused-ring (bicyclic) bond motifs is 7. The number of aromatic nitrogens is 4. The topological polar surface area (TPSA) is 77.8 Å². The van der Waals surface area contributed by atoms with Crippen LogP contribution in [0, 0.1) is 0 Å². The van der Waals surface area contributed by atoms with Crippen LogP contribution in [0.3, 0.4) is 0 Å². The van der Waals surface area contributed by atoms with Gasteiger partial charge in [-0.15, -0.1) is 0 Å². The number of para-hydroxylation sites is 1. The zero-order chi connectivity index (χ0) is 35.6. The van der Waals surface area contributed by atoms with Crippen LogP contribution in [0.15, 0.2) is 179 Å². The van der Waals surface area contributed by atoms with Crippen molar-refractivity contribution in [3.8, 4) is 56.7 Å². The summed E-state index contributed by atoms with van der Waals surface area (Å²) >= 11 is 0. The Morgan fingerprint density at radius 3 is 1.81 bits per heavy atom. The fourth-order valence-electron chi connectivity index (χ4n) is 7.55. The molecule has 0 saturated heterocycles. The molecule has 6 nitrogen and oxygen atoms in total. The maximum Gasteiger partial charge on any atom is 0.227 e. The average Bonchev–Trinajstić information content (AvgIpc) is 3.84. The summed E-state index contributed by atoms with van der Waals surface area (Å²) in [7, 11) is 0. The number of nitrogens with zero attached hydrogens (tertiary/aromatic N) is 4. The molecule has 11 rings (SSSR count). The number of oxazole rings is 1. The molecule has 0 unspecified atom stereocenters. The molecule has 0 bridgehead atoms. The van der Waals surface area contributed by atoms with Crippen molar-refractivity contribution in [2.75, 3.05) is 0 Å². The van der Waals surface area contributed by atoms with Gasteiger partial charge in [0.05, 0.1) is 5.56 Å². The highest BCUT2D eigenvalue weighted by molar-refractivity contribution is 6.18. The van der Waals surface area contributed by atoms with E-state index in [4.69, 9.17) is 28.8 Å². The Hall–Kier alpha value is -7.44. The molecule has 8 aromatic carbocycles. The largest absolute Gasteiger partial charge is 0.456 e. The zero-order valence-corrected chi connectivity index (χ0v) is 28.8. The molecule has 3 heterocycles. The first-order valence-electron chi connectivity index (χ1n) is 17.9. The van der Waals surface area contributed by atoms with Gasteiger partial charge in [-0.2, -0.15) is 0 Å². The van der Waals surface area contributed by atoms with Gasteiger partial charge < -0.3 is 8.83 Å². The summed E-state index contributed by atoms with van der Waals surface area (Å²) in [5.41, 5.74) is 8.19. The van der Waals surface area contributed by atoms with Gasteiger partial charge in [-0.05, 0) is 63.0 Å². The van der Waals surface area contributed by atoms with Crippen LogP contribution in [-0.2, 0) is 0 Å². The molecular formula is C48H28N4O2. The van der Waals surface area contributed by atoms with Crippen molar-refractivity contribution in [1.82, 2.24) is 19.9 Å². The van der Waals surface area contributed by atoms with Gasteiger partial charge >= 0.3 is 0 Å². The van der Waals surface area contributed by atoms with Crippen molar-refractivity contribution in [1.29, 1.82) is 0 Å². The Morgan fingerprint density at radius 1 is 0.352 bits per heavy atom. The molecule has 11 aromatic rings. The highest BCUT2D eigenvalue weighted by atomic mass is 16.4. The molecule has 0 aliphatic heterocycles. The van der Waals surface area contributed by atoms with Crippen LogP contribution in [0.5, 0.6) is 0 Å². The zero-order valence-electron chi connectivity index (χ0n) is 28.8. The summed E-state index contributed by atoms with van der Waals surface area (Å²) in [6.07, 6.45) is 0. The molecule has 0 radical (unpaired) electrons. The first-order chi connectivity index (χ1) is 26.7. The number of rotatable bonds is 5. The van der Waals surface area contributed by atoms with E-state index in [2.05, 4.69) is 84.9 Å². The summed E-state index contributed by atoms with van der Waals surface area (Å²) in [5, 5.41) is 6.49. The van der Waals surface area contributed by atoms with Crippen LogP contribution in [-0.4, -0.2) is 19.9 Å². The Bertz CT molecular complexity index is 3220. The second-order valence-corrected chi connectivity index (χ2v) is 13.4. The van der Waals surface area contributed by atoms with Crippen molar-refractivity contribution in [3.05, 3.63) is 170 Å². The van der Waals surface area contributed by atoms with E-state index < -0.39 is 0 Å². The summed E-state index contributed by atoms with van der Waals surface area (Å²) in [6.45, 7) is 0. The van der Waals surface area contributed by atoms with Gasteiger partial charge in [-0.3, -0.25) is 0 Å². The third kappa shape index (κ3) is 4.96. The van der Waals surface area contributed by atoms with Crippen LogP contribution >= 0.6 is 0 Å². The lowest BCUT2D eigenvalue weighted by Crippen LogP contribution is -2.01. The molecule has 6 heteroatoms. The van der Waals surface area contributed by atoms with E-state index in [1.807, 2.05) is 84.9 Å². The fourth-order valence-corrected chi connectivity index (χ4v) is 7.55. The lowest BCUT2D eigenvalue weighted by Gasteiger charge is -2.11. The molecule has 0 spiro atoms. The second-order valence-electron chi connectivity index (χ2n) is 13.4. The van der Waals surface area contributed by atoms with E-state index in [0.717, 1.165) is 49.6 Å². The fraction of sp³-hybridized carbons (Fsp3) is 0. The third-order valence-electron chi connectivity index (χ3n) is 10.1. The molecule has 0 N–H and O–H groups in total. The molecule has 0 aliphatic carbocycles.